The molecule has 0 bridgehead atoms. The second-order valence-corrected chi connectivity index (χ2v) is 4.70. The maximum atomic E-state index is 9.67. The molecule has 1 fully saturated rings. The molecule has 1 aliphatic rings. The molecule has 0 aromatic heterocycles. The molecule has 0 heterocycles. The highest BCUT2D eigenvalue weighted by Gasteiger charge is 2.26. The van der Waals surface area contributed by atoms with E-state index < -0.39 is 0 Å². The van der Waals surface area contributed by atoms with Crippen molar-refractivity contribution >= 4 is 0 Å². The topological polar surface area (TPSA) is 55.5 Å². The summed E-state index contributed by atoms with van der Waals surface area (Å²) in [7, 11) is 1.65. The van der Waals surface area contributed by atoms with Crippen LogP contribution in [0.3, 0.4) is 0 Å². The highest BCUT2D eigenvalue weighted by atomic mass is 16.5. The second kappa shape index (κ2) is 5.52. The van der Waals surface area contributed by atoms with Crippen molar-refractivity contribution in [2.45, 2.75) is 31.8 Å². The van der Waals surface area contributed by atoms with Crippen LogP contribution in [0.15, 0.2) is 24.3 Å². The van der Waals surface area contributed by atoms with Crippen LogP contribution >= 0.6 is 0 Å². The molecule has 1 aromatic carbocycles. The van der Waals surface area contributed by atoms with Gasteiger partial charge in [-0.2, -0.15) is 0 Å². The summed E-state index contributed by atoms with van der Waals surface area (Å²) >= 11 is 0. The summed E-state index contributed by atoms with van der Waals surface area (Å²) < 4.78 is 5.12. The van der Waals surface area contributed by atoms with Gasteiger partial charge in [0, 0.05) is 0 Å². The molecule has 2 atom stereocenters. The molecular weight excluding hydrogens is 214 g/mol. The molecule has 93 valence electrons. The Morgan fingerprint density at radius 2 is 2.00 bits per heavy atom. The average Bonchev–Trinajstić information content (AvgIpc) is 2.38. The quantitative estimate of drug-likeness (QED) is 0.842. The molecule has 1 aromatic rings. The van der Waals surface area contributed by atoms with Gasteiger partial charge in [-0.05, 0) is 42.9 Å². The molecule has 1 radical (unpaired) electrons. The van der Waals surface area contributed by atoms with E-state index in [1.807, 2.05) is 24.3 Å². The van der Waals surface area contributed by atoms with E-state index in [0.717, 1.165) is 43.0 Å². The Labute approximate surface area is 103 Å². The van der Waals surface area contributed by atoms with Crippen molar-refractivity contribution in [3.8, 4) is 5.75 Å². The summed E-state index contributed by atoms with van der Waals surface area (Å²) in [6.45, 7) is 0. The summed E-state index contributed by atoms with van der Waals surface area (Å²) in [4.78, 5) is 0. The Morgan fingerprint density at radius 1 is 1.29 bits per heavy atom. The van der Waals surface area contributed by atoms with Gasteiger partial charge in [-0.25, -0.2) is 0 Å². The number of ether oxygens (including phenoxy) is 1. The number of hydrogen-bond acceptors (Lipinski definition) is 3. The van der Waals surface area contributed by atoms with Crippen molar-refractivity contribution in [3.63, 3.8) is 0 Å². The van der Waals surface area contributed by atoms with Crippen LogP contribution in [0.2, 0.25) is 0 Å². The van der Waals surface area contributed by atoms with E-state index in [0.29, 0.717) is 5.92 Å². The van der Waals surface area contributed by atoms with Crippen LogP contribution in [-0.4, -0.2) is 18.3 Å². The second-order valence-electron chi connectivity index (χ2n) is 4.70. The molecule has 0 saturated heterocycles. The number of hydrogen-bond donors (Lipinski definition) is 2. The third-order valence-corrected chi connectivity index (χ3v) is 3.51. The van der Waals surface area contributed by atoms with Crippen LogP contribution < -0.4 is 10.5 Å². The highest BCUT2D eigenvalue weighted by Crippen LogP contribution is 2.32. The fraction of sp³-hybridized carbons (Fsp3) is 0.500. The van der Waals surface area contributed by atoms with Crippen LogP contribution in [0.4, 0.5) is 0 Å². The molecule has 2 rings (SSSR count). The van der Waals surface area contributed by atoms with Crippen molar-refractivity contribution in [1.82, 2.24) is 0 Å². The van der Waals surface area contributed by atoms with Crippen molar-refractivity contribution in [2.24, 2.45) is 11.7 Å². The largest absolute Gasteiger partial charge is 0.497 e. The number of nitrogens with two attached hydrogens (primary N) is 1. The van der Waals surface area contributed by atoms with E-state index in [1.54, 1.807) is 7.11 Å². The molecule has 17 heavy (non-hydrogen) atoms. The standard InChI is InChI=1S/C14H20NO2/c1-17-13-7-5-10(6-8-13)14(15)11-3-2-4-12(16)9-11/h5-8,11-12,16H,2-4,9,15H2,1H3/t11?,12-/m0/s1. The van der Waals surface area contributed by atoms with E-state index in [4.69, 9.17) is 10.5 Å². The van der Waals surface area contributed by atoms with Gasteiger partial charge in [0.2, 0.25) is 0 Å². The maximum absolute atomic E-state index is 9.67. The van der Waals surface area contributed by atoms with Crippen LogP contribution in [-0.2, 0) is 0 Å². The number of rotatable bonds is 3. The van der Waals surface area contributed by atoms with E-state index in [2.05, 4.69) is 0 Å². The summed E-state index contributed by atoms with van der Waals surface area (Å²) in [6, 6.07) is 8.69. The van der Waals surface area contributed by atoms with Crippen LogP contribution in [0, 0.1) is 12.0 Å². The third-order valence-electron chi connectivity index (χ3n) is 3.51. The average molecular weight is 234 g/mol. The summed E-state index contributed by atoms with van der Waals surface area (Å²) in [5.74, 6) is 1.15. The smallest absolute Gasteiger partial charge is 0.118 e. The molecule has 1 saturated carbocycles. The molecule has 0 aliphatic heterocycles. The van der Waals surface area contributed by atoms with Gasteiger partial charge < -0.3 is 15.6 Å². The zero-order valence-electron chi connectivity index (χ0n) is 10.2. The lowest BCUT2D eigenvalue weighted by Gasteiger charge is -2.30. The lowest BCUT2D eigenvalue weighted by atomic mass is 9.80. The third kappa shape index (κ3) is 2.99. The van der Waals surface area contributed by atoms with E-state index in [1.165, 1.54) is 0 Å². The molecular formula is C14H20NO2. The summed E-state index contributed by atoms with van der Waals surface area (Å²) in [5, 5.41) is 9.67. The minimum Gasteiger partial charge on any atom is -0.497 e. The van der Waals surface area contributed by atoms with Crippen LogP contribution in [0.1, 0.15) is 31.2 Å². The minimum atomic E-state index is -0.189. The fourth-order valence-electron chi connectivity index (χ4n) is 2.47. The van der Waals surface area contributed by atoms with Gasteiger partial charge in [-0.1, -0.05) is 18.6 Å². The molecule has 3 nitrogen and oxygen atoms in total. The van der Waals surface area contributed by atoms with Gasteiger partial charge >= 0.3 is 0 Å². The first kappa shape index (κ1) is 12.4. The minimum absolute atomic E-state index is 0.189. The zero-order valence-corrected chi connectivity index (χ0v) is 10.2. The molecule has 3 N–H and O–H groups in total. The molecule has 3 heteroatoms. The van der Waals surface area contributed by atoms with E-state index in [-0.39, 0.29) is 6.10 Å². The fourth-order valence-corrected chi connectivity index (χ4v) is 2.47. The molecule has 1 aliphatic carbocycles. The van der Waals surface area contributed by atoms with E-state index >= 15 is 0 Å². The Balaban J connectivity index is 2.04. The van der Waals surface area contributed by atoms with Crippen molar-refractivity contribution in [3.05, 3.63) is 35.9 Å². The first-order valence-corrected chi connectivity index (χ1v) is 6.15. The Hall–Kier alpha value is -1.06. The number of aliphatic hydroxyl groups is 1. The van der Waals surface area contributed by atoms with Gasteiger partial charge in [-0.3, -0.25) is 0 Å². The summed E-state index contributed by atoms with van der Waals surface area (Å²) in [6.07, 6.45) is 3.65. The molecule has 0 spiro atoms. The van der Waals surface area contributed by atoms with Crippen LogP contribution in [0.5, 0.6) is 5.75 Å². The van der Waals surface area contributed by atoms with E-state index in [9.17, 15) is 5.11 Å². The zero-order chi connectivity index (χ0) is 12.3. The van der Waals surface area contributed by atoms with Gasteiger partial charge in [0.05, 0.1) is 19.3 Å². The monoisotopic (exact) mass is 234 g/mol. The molecule has 0 amide bonds. The lowest BCUT2D eigenvalue weighted by molar-refractivity contribution is 0.105. The predicted octanol–water partition coefficient (Wildman–Crippen LogP) is 2.09. The van der Waals surface area contributed by atoms with Gasteiger partial charge in [-0.15, -0.1) is 0 Å². The van der Waals surface area contributed by atoms with Gasteiger partial charge in [0.15, 0.2) is 0 Å². The normalized spacial score (nSPS) is 24.9. The number of aliphatic hydroxyl groups excluding tert-OH is 1. The Kier molecular flexibility index (Phi) is 4.02. The first-order valence-electron chi connectivity index (χ1n) is 6.15. The van der Waals surface area contributed by atoms with Crippen LogP contribution in [0.25, 0.3) is 0 Å². The highest BCUT2D eigenvalue weighted by molar-refractivity contribution is 5.35. The van der Waals surface area contributed by atoms with Gasteiger partial charge in [0.25, 0.3) is 0 Å². The first-order chi connectivity index (χ1) is 8.20. The SMILES string of the molecule is COc1ccc([C](N)C2CCC[C@H](O)C2)cc1. The van der Waals surface area contributed by atoms with Crippen molar-refractivity contribution in [1.29, 1.82) is 0 Å². The Morgan fingerprint density at radius 3 is 2.59 bits per heavy atom. The predicted molar refractivity (Wildman–Crippen MR) is 67.5 cm³/mol. The van der Waals surface area contributed by atoms with Crippen molar-refractivity contribution < 1.29 is 9.84 Å². The molecule has 1 unspecified atom stereocenters. The number of benzene rings is 1. The number of methoxy groups -OCH3 is 1. The maximum Gasteiger partial charge on any atom is 0.118 e. The van der Waals surface area contributed by atoms with Gasteiger partial charge in [0.1, 0.15) is 5.75 Å². The Bertz CT molecular complexity index is 350. The van der Waals surface area contributed by atoms with Crippen molar-refractivity contribution in [2.75, 3.05) is 7.11 Å². The summed E-state index contributed by atoms with van der Waals surface area (Å²) in [5.41, 5.74) is 7.23. The lowest BCUT2D eigenvalue weighted by Crippen LogP contribution is -2.29.